The summed E-state index contributed by atoms with van der Waals surface area (Å²) in [5.41, 5.74) is -0.843. The van der Waals surface area contributed by atoms with Crippen molar-refractivity contribution in [3.63, 3.8) is 0 Å². The van der Waals surface area contributed by atoms with Crippen molar-refractivity contribution in [1.82, 2.24) is 0 Å². The predicted octanol–water partition coefficient (Wildman–Crippen LogP) is 7.61. The summed E-state index contributed by atoms with van der Waals surface area (Å²) in [6, 6.07) is 0. The summed E-state index contributed by atoms with van der Waals surface area (Å²) in [5, 5.41) is 0. The highest BCUT2D eigenvalue weighted by Gasteiger charge is 2.47. The third-order valence-electron chi connectivity index (χ3n) is 8.34. The van der Waals surface area contributed by atoms with Gasteiger partial charge in [-0.15, -0.1) is 0 Å². The highest BCUT2D eigenvalue weighted by Crippen LogP contribution is 2.47. The second kappa shape index (κ2) is 11.5. The highest BCUT2D eigenvalue weighted by atomic mass is 16.6. The smallest absolute Gasteiger partial charge is 0.319 e. The molecule has 168 valence electrons. The highest BCUT2D eigenvalue weighted by molar-refractivity contribution is 5.91. The van der Waals surface area contributed by atoms with Gasteiger partial charge in [0.2, 0.25) is 0 Å². The Labute approximate surface area is 179 Å². The van der Waals surface area contributed by atoms with E-state index >= 15 is 0 Å². The van der Waals surface area contributed by atoms with Crippen LogP contribution in [-0.4, -0.2) is 11.9 Å². The minimum atomic E-state index is -0.421. The van der Waals surface area contributed by atoms with Gasteiger partial charge >= 0.3 is 11.9 Å². The molecule has 2 rings (SSSR count). The lowest BCUT2D eigenvalue weighted by Crippen LogP contribution is -2.43. The Hall–Kier alpha value is -0.860. The molecule has 2 fully saturated rings. The summed E-state index contributed by atoms with van der Waals surface area (Å²) < 4.78 is 5.84. The number of ether oxygens (including phenoxy) is 1. The fraction of sp³-hybridized carbons (Fsp3) is 0.923. The molecular weight excluding hydrogens is 360 g/mol. The average molecular weight is 407 g/mol. The molecule has 0 atom stereocenters. The molecule has 0 radical (unpaired) electrons. The SMILES string of the molecule is CCC(CC)CC1(C(=O)OC(=O)C2(CC(CC)CC)CCCCC2)CCCCC1. The van der Waals surface area contributed by atoms with Gasteiger partial charge in [0.15, 0.2) is 0 Å². The van der Waals surface area contributed by atoms with Gasteiger partial charge in [-0.05, 0) is 50.4 Å². The van der Waals surface area contributed by atoms with Crippen LogP contribution in [0.25, 0.3) is 0 Å². The minimum absolute atomic E-state index is 0.191. The third-order valence-corrected chi connectivity index (χ3v) is 8.34. The quantitative estimate of drug-likeness (QED) is 0.277. The maximum absolute atomic E-state index is 13.5. The lowest BCUT2D eigenvalue weighted by Gasteiger charge is -2.40. The Bertz CT molecular complexity index is 458. The van der Waals surface area contributed by atoms with E-state index in [4.69, 9.17) is 4.74 Å². The standard InChI is InChI=1S/C26H46O3/c1-5-21(6-2)19-25(15-11-9-12-16-25)23(27)29-24(28)26(17-13-10-14-18-26)20-22(7-3)8-4/h21-22H,5-20H2,1-4H3. The van der Waals surface area contributed by atoms with Gasteiger partial charge in [0.25, 0.3) is 0 Å². The average Bonchev–Trinajstić information content (AvgIpc) is 2.77. The summed E-state index contributed by atoms with van der Waals surface area (Å²) in [6.45, 7) is 8.86. The summed E-state index contributed by atoms with van der Waals surface area (Å²) in [6.07, 6.45) is 16.5. The minimum Gasteiger partial charge on any atom is -0.392 e. The van der Waals surface area contributed by atoms with Crippen molar-refractivity contribution < 1.29 is 14.3 Å². The molecule has 0 aromatic carbocycles. The van der Waals surface area contributed by atoms with Gasteiger partial charge in [0, 0.05) is 0 Å². The number of carbonyl (C=O) groups is 2. The van der Waals surface area contributed by atoms with Crippen LogP contribution in [0, 0.1) is 22.7 Å². The zero-order chi connectivity index (χ0) is 21.3. The number of carbonyl (C=O) groups excluding carboxylic acids is 2. The van der Waals surface area contributed by atoms with Crippen molar-refractivity contribution in [2.24, 2.45) is 22.7 Å². The van der Waals surface area contributed by atoms with Gasteiger partial charge in [-0.3, -0.25) is 9.59 Å². The second-order valence-electron chi connectivity index (χ2n) is 10.1. The van der Waals surface area contributed by atoms with Crippen LogP contribution in [0.5, 0.6) is 0 Å². The van der Waals surface area contributed by atoms with E-state index < -0.39 is 10.8 Å². The van der Waals surface area contributed by atoms with Gasteiger partial charge in [0.1, 0.15) is 0 Å². The molecule has 0 aliphatic heterocycles. The molecular formula is C26H46O3. The van der Waals surface area contributed by atoms with E-state index in [1.54, 1.807) is 0 Å². The van der Waals surface area contributed by atoms with E-state index in [0.29, 0.717) is 11.8 Å². The number of hydrogen-bond acceptors (Lipinski definition) is 3. The normalized spacial score (nSPS) is 21.3. The Morgan fingerprint density at radius 1 is 0.621 bits per heavy atom. The van der Waals surface area contributed by atoms with E-state index in [1.807, 2.05) is 0 Å². The topological polar surface area (TPSA) is 43.4 Å². The number of esters is 2. The Morgan fingerprint density at radius 2 is 0.931 bits per heavy atom. The van der Waals surface area contributed by atoms with Crippen LogP contribution in [-0.2, 0) is 14.3 Å². The summed E-state index contributed by atoms with van der Waals surface area (Å²) >= 11 is 0. The van der Waals surface area contributed by atoms with Gasteiger partial charge < -0.3 is 4.74 Å². The fourth-order valence-electron chi connectivity index (χ4n) is 6.00. The molecule has 0 N–H and O–H groups in total. The zero-order valence-corrected chi connectivity index (χ0v) is 19.7. The van der Waals surface area contributed by atoms with Gasteiger partial charge in [-0.1, -0.05) is 91.9 Å². The molecule has 0 heterocycles. The summed E-state index contributed by atoms with van der Waals surface area (Å²) in [5.74, 6) is 0.708. The summed E-state index contributed by atoms with van der Waals surface area (Å²) in [7, 11) is 0. The first-order valence-corrected chi connectivity index (χ1v) is 12.7. The molecule has 0 aromatic rings. The first kappa shape index (κ1) is 24.4. The van der Waals surface area contributed by atoms with Gasteiger partial charge in [-0.25, -0.2) is 0 Å². The molecule has 0 amide bonds. The van der Waals surface area contributed by atoms with Crippen LogP contribution in [0.4, 0.5) is 0 Å². The maximum atomic E-state index is 13.5. The van der Waals surface area contributed by atoms with E-state index in [-0.39, 0.29) is 11.9 Å². The van der Waals surface area contributed by atoms with Crippen molar-refractivity contribution in [2.45, 2.75) is 130 Å². The molecule has 2 saturated carbocycles. The molecule has 2 aliphatic carbocycles. The first-order valence-electron chi connectivity index (χ1n) is 12.7. The predicted molar refractivity (Wildman–Crippen MR) is 120 cm³/mol. The number of rotatable bonds is 10. The van der Waals surface area contributed by atoms with E-state index in [1.165, 1.54) is 12.8 Å². The van der Waals surface area contributed by atoms with Crippen LogP contribution in [0.1, 0.15) is 130 Å². The Morgan fingerprint density at radius 3 is 1.21 bits per heavy atom. The van der Waals surface area contributed by atoms with Crippen LogP contribution >= 0.6 is 0 Å². The van der Waals surface area contributed by atoms with Crippen molar-refractivity contribution in [1.29, 1.82) is 0 Å². The molecule has 29 heavy (non-hydrogen) atoms. The number of hydrogen-bond donors (Lipinski definition) is 0. The van der Waals surface area contributed by atoms with Crippen molar-refractivity contribution >= 4 is 11.9 Å². The molecule has 3 heteroatoms. The van der Waals surface area contributed by atoms with Crippen LogP contribution < -0.4 is 0 Å². The Balaban J connectivity index is 2.17. The first-order chi connectivity index (χ1) is 13.9. The maximum Gasteiger partial charge on any atom is 0.319 e. The third kappa shape index (κ3) is 6.07. The van der Waals surface area contributed by atoms with Crippen molar-refractivity contribution in [2.75, 3.05) is 0 Å². The largest absolute Gasteiger partial charge is 0.392 e. The van der Waals surface area contributed by atoms with Gasteiger partial charge in [0.05, 0.1) is 10.8 Å². The monoisotopic (exact) mass is 406 g/mol. The lowest BCUT2D eigenvalue weighted by molar-refractivity contribution is -0.178. The molecule has 0 saturated heterocycles. The summed E-state index contributed by atoms with van der Waals surface area (Å²) in [4.78, 5) is 26.9. The molecule has 0 unspecified atom stereocenters. The van der Waals surface area contributed by atoms with E-state index in [0.717, 1.165) is 89.9 Å². The van der Waals surface area contributed by atoms with Gasteiger partial charge in [-0.2, -0.15) is 0 Å². The fourth-order valence-corrected chi connectivity index (χ4v) is 6.00. The van der Waals surface area contributed by atoms with E-state index in [2.05, 4.69) is 27.7 Å². The molecule has 0 bridgehead atoms. The zero-order valence-electron chi connectivity index (χ0n) is 19.7. The van der Waals surface area contributed by atoms with Crippen LogP contribution in [0.2, 0.25) is 0 Å². The van der Waals surface area contributed by atoms with Crippen LogP contribution in [0.3, 0.4) is 0 Å². The van der Waals surface area contributed by atoms with Crippen molar-refractivity contribution in [3.05, 3.63) is 0 Å². The molecule has 3 nitrogen and oxygen atoms in total. The Kier molecular flexibility index (Phi) is 9.69. The van der Waals surface area contributed by atoms with E-state index in [9.17, 15) is 9.59 Å². The molecule has 2 aliphatic rings. The molecule has 0 aromatic heterocycles. The van der Waals surface area contributed by atoms with Crippen LogP contribution in [0.15, 0.2) is 0 Å². The lowest BCUT2D eigenvalue weighted by atomic mass is 9.67. The second-order valence-corrected chi connectivity index (χ2v) is 10.1. The molecule has 0 spiro atoms. The van der Waals surface area contributed by atoms with Crippen molar-refractivity contribution in [3.8, 4) is 0 Å².